The summed E-state index contributed by atoms with van der Waals surface area (Å²) in [4.78, 5) is 15.5. The highest BCUT2D eigenvalue weighted by Gasteiger charge is 2.39. The van der Waals surface area contributed by atoms with Crippen molar-refractivity contribution in [3.8, 4) is 0 Å². The summed E-state index contributed by atoms with van der Waals surface area (Å²) < 4.78 is 5.05. The summed E-state index contributed by atoms with van der Waals surface area (Å²) in [6, 6.07) is 9.94. The van der Waals surface area contributed by atoms with Gasteiger partial charge in [0.25, 0.3) is 0 Å². The minimum absolute atomic E-state index is 0.254. The van der Waals surface area contributed by atoms with Crippen molar-refractivity contribution in [2.45, 2.75) is 18.7 Å². The summed E-state index contributed by atoms with van der Waals surface area (Å²) in [6.45, 7) is 4.01. The van der Waals surface area contributed by atoms with Crippen molar-refractivity contribution in [3.05, 3.63) is 35.9 Å². The molecule has 0 fully saturated rings. The van der Waals surface area contributed by atoms with Crippen molar-refractivity contribution in [2.75, 3.05) is 12.4 Å². The lowest BCUT2D eigenvalue weighted by molar-refractivity contribution is -0.145. The SMILES string of the molecule is CCOC(=O)C1(C)N=C(c2ccccc2)CS1. The zero-order valence-electron chi connectivity index (χ0n) is 9.97. The molecule has 0 aromatic heterocycles. The van der Waals surface area contributed by atoms with E-state index >= 15 is 0 Å². The fraction of sp³-hybridized carbons (Fsp3) is 0.385. The average molecular weight is 249 g/mol. The zero-order chi connectivity index (χ0) is 12.3. The third-order valence-electron chi connectivity index (χ3n) is 2.60. The van der Waals surface area contributed by atoms with Gasteiger partial charge in [-0.15, -0.1) is 11.8 Å². The van der Waals surface area contributed by atoms with Crippen molar-refractivity contribution in [1.29, 1.82) is 0 Å². The molecule has 0 aliphatic carbocycles. The second-order valence-corrected chi connectivity index (χ2v) is 5.29. The van der Waals surface area contributed by atoms with Crippen LogP contribution >= 0.6 is 11.8 Å². The Hall–Kier alpha value is -1.29. The monoisotopic (exact) mass is 249 g/mol. The number of aliphatic imine (C=N–C) groups is 1. The lowest BCUT2D eigenvalue weighted by atomic mass is 10.1. The maximum Gasteiger partial charge on any atom is 0.344 e. The van der Waals surface area contributed by atoms with Gasteiger partial charge in [-0.05, 0) is 19.4 Å². The van der Waals surface area contributed by atoms with Crippen molar-refractivity contribution < 1.29 is 9.53 Å². The molecule has 1 heterocycles. The Kier molecular flexibility index (Phi) is 3.52. The number of ether oxygens (including phenoxy) is 1. The van der Waals surface area contributed by atoms with Crippen LogP contribution in [0.25, 0.3) is 0 Å². The van der Waals surface area contributed by atoms with E-state index in [4.69, 9.17) is 4.74 Å². The largest absolute Gasteiger partial charge is 0.464 e. The van der Waals surface area contributed by atoms with Crippen LogP contribution in [0.2, 0.25) is 0 Å². The lowest BCUT2D eigenvalue weighted by Gasteiger charge is -2.16. The minimum Gasteiger partial charge on any atom is -0.464 e. The van der Waals surface area contributed by atoms with Gasteiger partial charge in [-0.25, -0.2) is 4.79 Å². The van der Waals surface area contributed by atoms with Crippen LogP contribution in [-0.4, -0.2) is 28.9 Å². The Morgan fingerprint density at radius 2 is 2.18 bits per heavy atom. The fourth-order valence-electron chi connectivity index (χ4n) is 1.68. The number of hydrogen-bond acceptors (Lipinski definition) is 4. The molecule has 1 aliphatic rings. The Balaban J connectivity index is 2.21. The molecule has 90 valence electrons. The number of esters is 1. The van der Waals surface area contributed by atoms with E-state index in [9.17, 15) is 4.79 Å². The molecule has 2 rings (SSSR count). The molecule has 1 atom stereocenters. The lowest BCUT2D eigenvalue weighted by Crippen LogP contribution is -2.29. The molecule has 3 nitrogen and oxygen atoms in total. The van der Waals surface area contributed by atoms with Gasteiger partial charge in [0.05, 0.1) is 12.3 Å². The Morgan fingerprint density at radius 3 is 2.82 bits per heavy atom. The van der Waals surface area contributed by atoms with Crippen LogP contribution < -0.4 is 0 Å². The number of rotatable bonds is 3. The van der Waals surface area contributed by atoms with Gasteiger partial charge in [-0.2, -0.15) is 0 Å². The third kappa shape index (κ3) is 2.52. The highest BCUT2D eigenvalue weighted by molar-refractivity contribution is 8.02. The maximum atomic E-state index is 11.8. The van der Waals surface area contributed by atoms with E-state index in [1.807, 2.05) is 44.2 Å². The summed E-state index contributed by atoms with van der Waals surface area (Å²) in [5, 5.41) is 0. The Morgan fingerprint density at radius 1 is 1.47 bits per heavy atom. The van der Waals surface area contributed by atoms with Crippen molar-refractivity contribution in [3.63, 3.8) is 0 Å². The second kappa shape index (κ2) is 4.92. The molecule has 1 aromatic carbocycles. The fourth-order valence-corrected chi connectivity index (χ4v) is 2.68. The molecule has 0 radical (unpaired) electrons. The predicted octanol–water partition coefficient (Wildman–Crippen LogP) is 2.50. The van der Waals surface area contributed by atoms with Gasteiger partial charge in [-0.3, -0.25) is 4.99 Å². The van der Waals surface area contributed by atoms with Gasteiger partial charge in [0.2, 0.25) is 4.87 Å². The first-order valence-corrected chi connectivity index (χ1v) is 6.59. The van der Waals surface area contributed by atoms with Crippen LogP contribution in [0.4, 0.5) is 0 Å². The summed E-state index contributed by atoms with van der Waals surface area (Å²) in [5.74, 6) is 0.496. The molecule has 0 saturated heterocycles. The zero-order valence-corrected chi connectivity index (χ0v) is 10.8. The van der Waals surface area contributed by atoms with Gasteiger partial charge in [0.15, 0.2) is 0 Å². The normalized spacial score (nSPS) is 23.3. The van der Waals surface area contributed by atoms with Gasteiger partial charge in [0.1, 0.15) is 0 Å². The number of thioether (sulfide) groups is 1. The molecular weight excluding hydrogens is 234 g/mol. The number of hydrogen-bond donors (Lipinski definition) is 0. The van der Waals surface area contributed by atoms with Gasteiger partial charge in [0, 0.05) is 5.75 Å². The average Bonchev–Trinajstić information content (AvgIpc) is 2.75. The van der Waals surface area contributed by atoms with Gasteiger partial charge >= 0.3 is 5.97 Å². The molecule has 0 N–H and O–H groups in total. The van der Waals surface area contributed by atoms with E-state index in [0.29, 0.717) is 6.61 Å². The summed E-state index contributed by atoms with van der Waals surface area (Å²) in [7, 11) is 0. The first-order chi connectivity index (χ1) is 8.15. The second-order valence-electron chi connectivity index (χ2n) is 3.92. The quantitative estimate of drug-likeness (QED) is 0.773. The number of nitrogens with zero attached hydrogens (tertiary/aromatic N) is 1. The Labute approximate surface area is 105 Å². The van der Waals surface area contributed by atoms with Gasteiger partial charge < -0.3 is 4.74 Å². The van der Waals surface area contributed by atoms with E-state index in [-0.39, 0.29) is 5.97 Å². The molecule has 0 saturated carbocycles. The first-order valence-electron chi connectivity index (χ1n) is 5.61. The smallest absolute Gasteiger partial charge is 0.344 e. The van der Waals surface area contributed by atoms with Crippen LogP contribution in [-0.2, 0) is 9.53 Å². The van der Waals surface area contributed by atoms with Crippen LogP contribution in [0.1, 0.15) is 19.4 Å². The minimum atomic E-state index is -0.777. The highest BCUT2D eigenvalue weighted by atomic mass is 32.2. The van der Waals surface area contributed by atoms with E-state index < -0.39 is 4.87 Å². The summed E-state index contributed by atoms with van der Waals surface area (Å²) in [6.07, 6.45) is 0. The van der Waals surface area contributed by atoms with Crippen molar-refractivity contribution >= 4 is 23.4 Å². The predicted molar refractivity (Wildman–Crippen MR) is 70.5 cm³/mol. The first kappa shape index (κ1) is 12.2. The van der Waals surface area contributed by atoms with Crippen LogP contribution in [0.15, 0.2) is 35.3 Å². The van der Waals surface area contributed by atoms with Crippen LogP contribution in [0, 0.1) is 0 Å². The molecule has 4 heteroatoms. The molecular formula is C13H15NO2S. The molecule has 0 spiro atoms. The van der Waals surface area contributed by atoms with Gasteiger partial charge in [-0.1, -0.05) is 30.3 Å². The van der Waals surface area contributed by atoms with E-state index in [1.165, 1.54) is 11.8 Å². The molecule has 1 aliphatic heterocycles. The highest BCUT2D eigenvalue weighted by Crippen LogP contribution is 2.35. The number of carbonyl (C=O) groups excluding carboxylic acids is 1. The Bertz CT molecular complexity index is 444. The molecule has 0 amide bonds. The molecule has 0 bridgehead atoms. The maximum absolute atomic E-state index is 11.8. The van der Waals surface area contributed by atoms with E-state index in [0.717, 1.165) is 17.0 Å². The van der Waals surface area contributed by atoms with E-state index in [1.54, 1.807) is 0 Å². The third-order valence-corrected chi connectivity index (χ3v) is 3.84. The van der Waals surface area contributed by atoms with Crippen molar-refractivity contribution in [2.24, 2.45) is 4.99 Å². The number of carbonyl (C=O) groups is 1. The molecule has 1 aromatic rings. The summed E-state index contributed by atoms with van der Waals surface area (Å²) >= 11 is 1.52. The standard InChI is InChI=1S/C13H15NO2S/c1-3-16-12(15)13(2)14-11(9-17-13)10-7-5-4-6-8-10/h4-8H,3,9H2,1-2H3. The molecule has 17 heavy (non-hydrogen) atoms. The summed E-state index contributed by atoms with van der Waals surface area (Å²) in [5.41, 5.74) is 2.04. The number of benzene rings is 1. The topological polar surface area (TPSA) is 38.7 Å². The molecule has 1 unspecified atom stereocenters. The van der Waals surface area contributed by atoms with Crippen molar-refractivity contribution in [1.82, 2.24) is 0 Å². The van der Waals surface area contributed by atoms with Crippen LogP contribution in [0.5, 0.6) is 0 Å². The van der Waals surface area contributed by atoms with E-state index in [2.05, 4.69) is 4.99 Å². The van der Waals surface area contributed by atoms with Crippen LogP contribution in [0.3, 0.4) is 0 Å².